The zero-order valence-corrected chi connectivity index (χ0v) is 11.2. The van der Waals surface area contributed by atoms with E-state index in [2.05, 4.69) is 18.7 Å². The van der Waals surface area contributed by atoms with Gasteiger partial charge < -0.3 is 4.90 Å². The summed E-state index contributed by atoms with van der Waals surface area (Å²) in [5.74, 6) is 0.106. The van der Waals surface area contributed by atoms with Crippen LogP contribution in [0.15, 0.2) is 0 Å². The largest absolute Gasteiger partial charge is 0.303 e. The SMILES string of the molecule is CCC1(CC)CCN(CCCS(N)(=O)=O)C1. The lowest BCUT2D eigenvalue weighted by Crippen LogP contribution is -2.28. The first-order chi connectivity index (χ1) is 7.41. The minimum Gasteiger partial charge on any atom is -0.303 e. The minimum atomic E-state index is -3.28. The predicted molar refractivity (Wildman–Crippen MR) is 66.7 cm³/mol. The molecule has 5 heteroatoms. The quantitative estimate of drug-likeness (QED) is 0.767. The normalized spacial score (nSPS) is 21.4. The maximum absolute atomic E-state index is 10.8. The van der Waals surface area contributed by atoms with Gasteiger partial charge in [-0.1, -0.05) is 13.8 Å². The zero-order valence-electron chi connectivity index (χ0n) is 10.4. The van der Waals surface area contributed by atoms with Crippen LogP contribution in [0, 0.1) is 5.41 Å². The van der Waals surface area contributed by atoms with Crippen molar-refractivity contribution in [1.82, 2.24) is 4.90 Å². The Morgan fingerprint density at radius 3 is 2.38 bits per heavy atom. The Morgan fingerprint density at radius 2 is 1.94 bits per heavy atom. The molecule has 0 aliphatic carbocycles. The van der Waals surface area contributed by atoms with Crippen LogP contribution in [0.3, 0.4) is 0 Å². The van der Waals surface area contributed by atoms with Crippen molar-refractivity contribution in [2.24, 2.45) is 10.6 Å². The van der Waals surface area contributed by atoms with Gasteiger partial charge in [0.05, 0.1) is 5.75 Å². The first-order valence-electron chi connectivity index (χ1n) is 6.13. The molecule has 1 aliphatic rings. The molecule has 0 aromatic carbocycles. The van der Waals surface area contributed by atoms with E-state index in [0.29, 0.717) is 11.8 Å². The smallest absolute Gasteiger partial charge is 0.209 e. The summed E-state index contributed by atoms with van der Waals surface area (Å²) < 4.78 is 21.6. The Morgan fingerprint density at radius 1 is 1.31 bits per heavy atom. The van der Waals surface area contributed by atoms with Gasteiger partial charge in [-0.05, 0) is 44.2 Å². The maximum atomic E-state index is 10.8. The fraction of sp³-hybridized carbons (Fsp3) is 1.00. The van der Waals surface area contributed by atoms with Crippen LogP contribution in [0.5, 0.6) is 0 Å². The number of rotatable bonds is 6. The summed E-state index contributed by atoms with van der Waals surface area (Å²) in [5.41, 5.74) is 0.474. The van der Waals surface area contributed by atoms with Gasteiger partial charge in [0, 0.05) is 6.54 Å². The summed E-state index contributed by atoms with van der Waals surface area (Å²) >= 11 is 0. The van der Waals surface area contributed by atoms with Gasteiger partial charge in [-0.15, -0.1) is 0 Å². The molecule has 0 unspecified atom stereocenters. The van der Waals surface area contributed by atoms with Crippen molar-refractivity contribution in [1.29, 1.82) is 0 Å². The van der Waals surface area contributed by atoms with Gasteiger partial charge in [0.15, 0.2) is 0 Å². The lowest BCUT2D eigenvalue weighted by atomic mass is 9.82. The molecule has 0 aromatic rings. The summed E-state index contributed by atoms with van der Waals surface area (Å²) in [4.78, 5) is 2.37. The van der Waals surface area contributed by atoms with Gasteiger partial charge in [0.2, 0.25) is 10.0 Å². The molecule has 1 heterocycles. The van der Waals surface area contributed by atoms with E-state index >= 15 is 0 Å². The van der Waals surface area contributed by atoms with E-state index in [-0.39, 0.29) is 5.75 Å². The molecular formula is C11H24N2O2S. The third kappa shape index (κ3) is 4.03. The van der Waals surface area contributed by atoms with Crippen LogP contribution in [0.1, 0.15) is 39.5 Å². The Balaban J connectivity index is 2.32. The molecule has 0 radical (unpaired) electrons. The van der Waals surface area contributed by atoms with Crippen molar-refractivity contribution in [3.05, 3.63) is 0 Å². The van der Waals surface area contributed by atoms with E-state index < -0.39 is 10.0 Å². The first-order valence-corrected chi connectivity index (χ1v) is 7.85. The van der Waals surface area contributed by atoms with E-state index in [0.717, 1.165) is 19.6 Å². The summed E-state index contributed by atoms with van der Waals surface area (Å²) in [5, 5.41) is 4.98. The van der Waals surface area contributed by atoms with Crippen molar-refractivity contribution in [2.75, 3.05) is 25.4 Å². The van der Waals surface area contributed by atoms with Crippen LogP contribution in [-0.2, 0) is 10.0 Å². The monoisotopic (exact) mass is 248 g/mol. The molecule has 1 saturated heterocycles. The predicted octanol–water partition coefficient (Wildman–Crippen LogP) is 1.18. The van der Waals surface area contributed by atoms with Gasteiger partial charge in [-0.25, -0.2) is 13.6 Å². The van der Waals surface area contributed by atoms with Crippen LogP contribution >= 0.6 is 0 Å². The second-order valence-corrected chi connectivity index (χ2v) is 6.69. The number of hydrogen-bond donors (Lipinski definition) is 1. The Hall–Kier alpha value is -0.130. The Labute approximate surface area is 99.2 Å². The Bertz CT molecular complexity index is 310. The number of nitrogens with two attached hydrogens (primary N) is 1. The number of likely N-dealkylation sites (tertiary alicyclic amines) is 1. The van der Waals surface area contributed by atoms with Crippen LogP contribution in [0.4, 0.5) is 0 Å². The standard InChI is InChI=1S/C11H24N2O2S/c1-3-11(4-2)6-8-13(10-11)7-5-9-16(12,14)15/h3-10H2,1-2H3,(H2,12,14,15). The fourth-order valence-electron chi connectivity index (χ4n) is 2.54. The number of primary sulfonamides is 1. The molecule has 0 saturated carbocycles. The first kappa shape index (κ1) is 13.9. The Kier molecular flexibility index (Phi) is 4.76. The van der Waals surface area contributed by atoms with Crippen LogP contribution in [-0.4, -0.2) is 38.7 Å². The average Bonchev–Trinajstić information content (AvgIpc) is 2.61. The van der Waals surface area contributed by atoms with Crippen molar-refractivity contribution >= 4 is 10.0 Å². The summed E-state index contributed by atoms with van der Waals surface area (Å²) in [6, 6.07) is 0. The van der Waals surface area contributed by atoms with Gasteiger partial charge in [-0.3, -0.25) is 0 Å². The average molecular weight is 248 g/mol. The zero-order chi connectivity index (χ0) is 12.2. The summed E-state index contributed by atoms with van der Waals surface area (Å²) in [7, 11) is -3.28. The second-order valence-electron chi connectivity index (χ2n) is 4.95. The lowest BCUT2D eigenvalue weighted by Gasteiger charge is -2.26. The van der Waals surface area contributed by atoms with E-state index in [4.69, 9.17) is 5.14 Å². The molecule has 0 amide bonds. The highest BCUT2D eigenvalue weighted by atomic mass is 32.2. The van der Waals surface area contributed by atoms with Crippen molar-refractivity contribution < 1.29 is 8.42 Å². The molecule has 0 bridgehead atoms. The van der Waals surface area contributed by atoms with Crippen LogP contribution in [0.2, 0.25) is 0 Å². The molecule has 0 atom stereocenters. The van der Waals surface area contributed by atoms with Crippen molar-refractivity contribution in [2.45, 2.75) is 39.5 Å². The van der Waals surface area contributed by atoms with Gasteiger partial charge >= 0.3 is 0 Å². The fourth-order valence-corrected chi connectivity index (χ4v) is 3.07. The highest BCUT2D eigenvalue weighted by molar-refractivity contribution is 7.89. The topological polar surface area (TPSA) is 63.4 Å². The number of sulfonamides is 1. The molecule has 0 spiro atoms. The van der Waals surface area contributed by atoms with Crippen LogP contribution < -0.4 is 5.14 Å². The minimum absolute atomic E-state index is 0.106. The van der Waals surface area contributed by atoms with Gasteiger partial charge in [0.25, 0.3) is 0 Å². The number of nitrogens with zero attached hydrogens (tertiary/aromatic N) is 1. The lowest BCUT2D eigenvalue weighted by molar-refractivity contribution is 0.241. The molecule has 1 rings (SSSR count). The number of hydrogen-bond acceptors (Lipinski definition) is 3. The molecule has 1 aliphatic heterocycles. The van der Waals surface area contributed by atoms with E-state index in [9.17, 15) is 8.42 Å². The maximum Gasteiger partial charge on any atom is 0.209 e. The molecule has 4 nitrogen and oxygen atoms in total. The van der Waals surface area contributed by atoms with E-state index in [1.165, 1.54) is 19.3 Å². The highest BCUT2D eigenvalue weighted by Gasteiger charge is 2.34. The van der Waals surface area contributed by atoms with E-state index in [1.807, 2.05) is 0 Å². The summed E-state index contributed by atoms with van der Waals surface area (Å²) in [6.45, 7) is 7.57. The van der Waals surface area contributed by atoms with E-state index in [1.54, 1.807) is 0 Å². The third-order valence-corrected chi connectivity index (χ3v) is 4.78. The highest BCUT2D eigenvalue weighted by Crippen LogP contribution is 2.36. The third-order valence-electron chi connectivity index (χ3n) is 3.92. The van der Waals surface area contributed by atoms with Crippen molar-refractivity contribution in [3.63, 3.8) is 0 Å². The molecule has 16 heavy (non-hydrogen) atoms. The molecule has 96 valence electrons. The van der Waals surface area contributed by atoms with Gasteiger partial charge in [-0.2, -0.15) is 0 Å². The molecular weight excluding hydrogens is 224 g/mol. The van der Waals surface area contributed by atoms with Crippen LogP contribution in [0.25, 0.3) is 0 Å². The molecule has 2 N–H and O–H groups in total. The molecule has 1 fully saturated rings. The second kappa shape index (κ2) is 5.47. The summed E-state index contributed by atoms with van der Waals surface area (Å²) in [6.07, 6.45) is 4.34. The molecule has 0 aromatic heterocycles. The van der Waals surface area contributed by atoms with Crippen molar-refractivity contribution in [3.8, 4) is 0 Å². The van der Waals surface area contributed by atoms with Gasteiger partial charge in [0.1, 0.15) is 0 Å².